The molecule has 0 bridgehead atoms. The van der Waals surface area contributed by atoms with Gasteiger partial charge in [0.15, 0.2) is 0 Å². The van der Waals surface area contributed by atoms with Gasteiger partial charge in [0.1, 0.15) is 19.9 Å². The molecule has 31 heavy (non-hydrogen) atoms. The zero-order chi connectivity index (χ0) is 20.8. The Bertz CT molecular complexity index is 2020. The molecule has 0 radical (unpaired) electrons. The molecule has 7 aromatic heterocycles. The van der Waals surface area contributed by atoms with Gasteiger partial charge in [0, 0.05) is 31.3 Å². The Morgan fingerprint density at radius 3 is 2.26 bits per heavy atom. The van der Waals surface area contributed by atoms with Gasteiger partial charge in [-0.1, -0.05) is 6.07 Å². The number of aryl methyl sites for hydroxylation is 2. The van der Waals surface area contributed by atoms with Crippen molar-refractivity contribution in [3.05, 3.63) is 60.8 Å². The molecule has 0 saturated heterocycles. The first-order valence-electron chi connectivity index (χ1n) is 9.81. The fourth-order valence-corrected chi connectivity index (χ4v) is 8.09. The number of fused-ring (bicyclic) bond motifs is 8. The normalized spacial score (nSPS) is 13.1. The Kier molecular flexibility index (Phi) is 2.70. The molecular formula is C23H11N3O2S3. The van der Waals surface area contributed by atoms with Crippen LogP contribution in [0.25, 0.3) is 62.7 Å². The third-order valence-electron chi connectivity index (χ3n) is 6.27. The van der Waals surface area contributed by atoms with E-state index in [-0.39, 0.29) is 11.1 Å². The van der Waals surface area contributed by atoms with Crippen LogP contribution in [0.3, 0.4) is 0 Å². The summed E-state index contributed by atoms with van der Waals surface area (Å²) in [6.07, 6.45) is 0. The van der Waals surface area contributed by atoms with Crippen LogP contribution in [0.2, 0.25) is 0 Å². The topological polar surface area (TPSA) is 55.8 Å². The summed E-state index contributed by atoms with van der Waals surface area (Å²) >= 11 is 4.62. The van der Waals surface area contributed by atoms with E-state index in [4.69, 9.17) is 4.98 Å². The predicted molar refractivity (Wildman–Crippen MR) is 132 cm³/mol. The predicted octanol–water partition coefficient (Wildman–Crippen LogP) is 5.75. The maximum atomic E-state index is 13.6. The number of nitrogens with zero attached hydrogens (tertiary/aromatic N) is 3. The van der Waals surface area contributed by atoms with E-state index < -0.39 is 0 Å². The van der Waals surface area contributed by atoms with Crippen molar-refractivity contribution in [2.75, 3.05) is 0 Å². The van der Waals surface area contributed by atoms with Gasteiger partial charge < -0.3 is 0 Å². The number of aromatic nitrogens is 3. The molecule has 5 nitrogen and oxygen atoms in total. The van der Waals surface area contributed by atoms with Crippen molar-refractivity contribution in [3.8, 4) is 0 Å². The Labute approximate surface area is 184 Å². The van der Waals surface area contributed by atoms with Gasteiger partial charge in [-0.25, -0.2) is 4.98 Å². The highest BCUT2D eigenvalue weighted by Gasteiger charge is 2.24. The van der Waals surface area contributed by atoms with Crippen molar-refractivity contribution in [3.63, 3.8) is 0 Å². The molecule has 0 N–H and O–H groups in total. The number of imidazole rings is 1. The lowest BCUT2D eigenvalue weighted by Crippen LogP contribution is -2.11. The average molecular weight is 458 g/mol. The van der Waals surface area contributed by atoms with Gasteiger partial charge in [0.05, 0.1) is 21.3 Å². The van der Waals surface area contributed by atoms with Crippen molar-refractivity contribution in [1.82, 2.24) is 13.8 Å². The van der Waals surface area contributed by atoms with Crippen LogP contribution in [-0.4, -0.2) is 13.8 Å². The van der Waals surface area contributed by atoms with Crippen molar-refractivity contribution in [2.45, 2.75) is 13.8 Å². The monoisotopic (exact) mass is 457 g/mol. The van der Waals surface area contributed by atoms with Crippen LogP contribution in [0.4, 0.5) is 0 Å². The van der Waals surface area contributed by atoms with Crippen LogP contribution < -0.4 is 11.1 Å². The Morgan fingerprint density at radius 2 is 1.42 bits per heavy atom. The van der Waals surface area contributed by atoms with E-state index in [1.807, 2.05) is 17.4 Å². The molecule has 0 saturated carbocycles. The molecule has 0 amide bonds. The highest BCUT2D eigenvalue weighted by molar-refractivity contribution is 7.26. The van der Waals surface area contributed by atoms with Crippen molar-refractivity contribution in [1.29, 1.82) is 0 Å². The summed E-state index contributed by atoms with van der Waals surface area (Å²) in [7, 11) is 0. The molecule has 0 atom stereocenters. The highest BCUT2D eigenvalue weighted by Crippen LogP contribution is 2.42. The number of pyridine rings is 2. The van der Waals surface area contributed by atoms with Gasteiger partial charge in [0.25, 0.3) is 11.1 Å². The number of thiophene rings is 3. The van der Waals surface area contributed by atoms with Crippen LogP contribution >= 0.6 is 34.0 Å². The van der Waals surface area contributed by atoms with Crippen LogP contribution in [-0.2, 0) is 0 Å². The second-order valence-corrected chi connectivity index (χ2v) is 11.6. The standard InChI is InChI=1S/C23H11N3O2S3/c1-8-5-13-15(29-8)7-12-10-3-4-11-17-16(10)18(22(27)25(12)13)31-19(17)23(28)26-14-6-9(2)30-21(14)24-20(11)26/h3-7H,1-2H3. The largest absolute Gasteiger partial charge is 0.274 e. The summed E-state index contributed by atoms with van der Waals surface area (Å²) in [4.78, 5) is 35.2. The van der Waals surface area contributed by atoms with E-state index in [9.17, 15) is 9.59 Å². The fraction of sp³-hybridized carbons (Fsp3) is 0.0870. The van der Waals surface area contributed by atoms with Gasteiger partial charge in [-0.05, 0) is 38.1 Å². The minimum atomic E-state index is -0.0860. The molecule has 0 fully saturated rings. The van der Waals surface area contributed by atoms with E-state index in [1.165, 1.54) is 16.2 Å². The summed E-state index contributed by atoms with van der Waals surface area (Å²) < 4.78 is 5.93. The average Bonchev–Trinajstić information content (AvgIpc) is 3.49. The molecule has 1 aromatic carbocycles. The zero-order valence-corrected chi connectivity index (χ0v) is 18.7. The van der Waals surface area contributed by atoms with Crippen LogP contribution in [0.15, 0.2) is 39.9 Å². The molecular weight excluding hydrogens is 446 g/mol. The van der Waals surface area contributed by atoms with E-state index >= 15 is 0 Å². The molecule has 8 heteroatoms. The third-order valence-corrected chi connectivity index (χ3v) is 9.35. The maximum Gasteiger partial charge on any atom is 0.274 e. The Morgan fingerprint density at radius 1 is 0.742 bits per heavy atom. The van der Waals surface area contributed by atoms with Gasteiger partial charge in [0.2, 0.25) is 0 Å². The quantitative estimate of drug-likeness (QED) is 0.273. The minimum Gasteiger partial charge on any atom is -0.274 e. The van der Waals surface area contributed by atoms with Crippen molar-refractivity contribution >= 4 is 96.7 Å². The first-order chi connectivity index (χ1) is 15.0. The van der Waals surface area contributed by atoms with E-state index in [2.05, 4.69) is 31.2 Å². The lowest BCUT2D eigenvalue weighted by Gasteiger charge is -2.06. The number of rotatable bonds is 0. The zero-order valence-electron chi connectivity index (χ0n) is 16.3. The van der Waals surface area contributed by atoms with Gasteiger partial charge >= 0.3 is 0 Å². The van der Waals surface area contributed by atoms with Crippen LogP contribution in [0, 0.1) is 13.8 Å². The van der Waals surface area contributed by atoms with E-state index in [1.54, 1.807) is 27.1 Å². The number of benzene rings is 1. The third kappa shape index (κ3) is 1.75. The van der Waals surface area contributed by atoms with Gasteiger partial charge in [-0.3, -0.25) is 18.4 Å². The van der Waals surface area contributed by atoms with Gasteiger partial charge in [-0.2, -0.15) is 0 Å². The molecule has 8 aromatic rings. The van der Waals surface area contributed by atoms with Gasteiger partial charge in [-0.15, -0.1) is 34.0 Å². The van der Waals surface area contributed by atoms with Crippen molar-refractivity contribution < 1.29 is 0 Å². The molecule has 8 rings (SSSR count). The molecule has 0 unspecified atom stereocenters. The van der Waals surface area contributed by atoms with E-state index in [0.717, 1.165) is 52.5 Å². The van der Waals surface area contributed by atoms with Crippen LogP contribution in [0.5, 0.6) is 0 Å². The second kappa shape index (κ2) is 5.04. The first-order valence-corrected chi connectivity index (χ1v) is 12.3. The smallest absolute Gasteiger partial charge is 0.274 e. The van der Waals surface area contributed by atoms with E-state index in [0.29, 0.717) is 15.0 Å². The summed E-state index contributed by atoms with van der Waals surface area (Å²) in [6, 6.07) is 10.3. The molecule has 148 valence electrons. The SMILES string of the molecule is Cc1cc2c(cc3c4ccc5c6c(sc(c(=O)n23)c46)c(=O)n2c3cc(C)sc3nc52)s1. The summed E-state index contributed by atoms with van der Waals surface area (Å²) in [5, 5.41) is 3.73. The number of hydrogen-bond acceptors (Lipinski definition) is 6. The van der Waals surface area contributed by atoms with Crippen LogP contribution in [0.1, 0.15) is 9.75 Å². The molecule has 0 spiro atoms. The first kappa shape index (κ1) is 16.6. The summed E-state index contributed by atoms with van der Waals surface area (Å²) in [5.74, 6) is 0. The molecule has 0 aliphatic carbocycles. The Balaban J connectivity index is 1.71. The molecule has 7 heterocycles. The van der Waals surface area contributed by atoms with Crippen molar-refractivity contribution in [2.24, 2.45) is 0 Å². The summed E-state index contributed by atoms with van der Waals surface area (Å²) in [5.41, 5.74) is 3.26. The lowest BCUT2D eigenvalue weighted by molar-refractivity contribution is 1.19. The molecule has 0 aliphatic rings. The maximum absolute atomic E-state index is 13.6. The second-order valence-electron chi connectivity index (χ2n) is 8.07. The highest BCUT2D eigenvalue weighted by atomic mass is 32.1. The Hall–Kier alpha value is -3.07. The summed E-state index contributed by atoms with van der Waals surface area (Å²) in [6.45, 7) is 4.08. The number of hydrogen-bond donors (Lipinski definition) is 0. The fourth-order valence-electron chi connectivity index (χ4n) is 5.09. The minimum absolute atomic E-state index is 0.0439. The lowest BCUT2D eigenvalue weighted by atomic mass is 10.0. The molecule has 0 aliphatic heterocycles.